The zero-order chi connectivity index (χ0) is 22.1. The number of halogens is 1. The first kappa shape index (κ1) is 20.2. The van der Waals surface area contributed by atoms with Crippen LogP contribution in [0.15, 0.2) is 48.7 Å². The third kappa shape index (κ3) is 4.12. The van der Waals surface area contributed by atoms with Gasteiger partial charge in [-0.2, -0.15) is 0 Å². The van der Waals surface area contributed by atoms with Gasteiger partial charge in [-0.15, -0.1) is 5.10 Å². The van der Waals surface area contributed by atoms with E-state index >= 15 is 0 Å². The summed E-state index contributed by atoms with van der Waals surface area (Å²) in [6.07, 6.45) is 1.44. The lowest BCUT2D eigenvalue weighted by atomic mass is 10.1. The molecule has 0 unspecified atom stereocenters. The van der Waals surface area contributed by atoms with E-state index in [0.717, 1.165) is 11.0 Å². The number of carbonyl (C=O) groups excluding carboxylic acids is 3. The molecule has 1 aromatic heterocycles. The highest BCUT2D eigenvalue weighted by atomic mass is 35.5. The van der Waals surface area contributed by atoms with E-state index in [1.54, 1.807) is 24.3 Å². The quantitative estimate of drug-likeness (QED) is 0.352. The molecule has 2 aromatic carbocycles. The highest BCUT2D eigenvalue weighted by molar-refractivity contribution is 6.30. The Morgan fingerprint density at radius 1 is 1.10 bits per heavy atom. The average molecular weight is 441 g/mol. The van der Waals surface area contributed by atoms with Crippen LogP contribution in [-0.2, 0) is 17.9 Å². The lowest BCUT2D eigenvalue weighted by molar-refractivity contribution is -0.384. The number of benzene rings is 2. The molecule has 156 valence electrons. The van der Waals surface area contributed by atoms with Crippen molar-refractivity contribution >= 4 is 40.7 Å². The van der Waals surface area contributed by atoms with Gasteiger partial charge in [0.2, 0.25) is 5.91 Å². The molecule has 0 spiro atoms. The molecular formula is C19H13ClN6O5. The van der Waals surface area contributed by atoms with E-state index < -0.39 is 16.7 Å². The molecule has 0 fully saturated rings. The summed E-state index contributed by atoms with van der Waals surface area (Å²) < 4.78 is 1.27. The first-order chi connectivity index (χ1) is 14.8. The fraction of sp³-hybridized carbons (Fsp3) is 0.105. The van der Waals surface area contributed by atoms with Gasteiger partial charge < -0.3 is 5.32 Å². The van der Waals surface area contributed by atoms with Crippen molar-refractivity contribution < 1.29 is 19.3 Å². The Kier molecular flexibility index (Phi) is 5.17. The summed E-state index contributed by atoms with van der Waals surface area (Å²) in [6.45, 7) is -0.317. The van der Waals surface area contributed by atoms with E-state index in [-0.39, 0.29) is 41.5 Å². The molecule has 3 aromatic rings. The summed E-state index contributed by atoms with van der Waals surface area (Å²) in [7, 11) is 0. The molecular weight excluding hydrogens is 428 g/mol. The van der Waals surface area contributed by atoms with E-state index in [0.29, 0.717) is 10.7 Å². The lowest BCUT2D eigenvalue weighted by Crippen LogP contribution is -2.29. The molecule has 0 aliphatic carbocycles. The maximum atomic E-state index is 12.6. The second-order valence-corrected chi connectivity index (χ2v) is 7.08. The van der Waals surface area contributed by atoms with Crippen LogP contribution in [0.4, 0.5) is 11.4 Å². The van der Waals surface area contributed by atoms with Gasteiger partial charge >= 0.3 is 0 Å². The molecule has 0 atom stereocenters. The largest absolute Gasteiger partial charge is 0.324 e. The normalized spacial score (nSPS) is 12.7. The second kappa shape index (κ2) is 7.95. The van der Waals surface area contributed by atoms with Gasteiger partial charge in [-0.1, -0.05) is 16.8 Å². The number of nitro benzene ring substituents is 1. The minimum absolute atomic E-state index is 0.0334. The van der Waals surface area contributed by atoms with Crippen LogP contribution in [-0.4, -0.2) is 42.5 Å². The maximum absolute atomic E-state index is 12.6. The van der Waals surface area contributed by atoms with Crippen molar-refractivity contribution in [1.29, 1.82) is 0 Å². The molecule has 2 heterocycles. The van der Waals surface area contributed by atoms with Crippen LogP contribution >= 0.6 is 11.6 Å². The molecule has 1 aliphatic rings. The topological polar surface area (TPSA) is 140 Å². The molecule has 3 amide bonds. The summed E-state index contributed by atoms with van der Waals surface area (Å²) in [5, 5.41) is 21.9. The average Bonchev–Trinajstić information content (AvgIpc) is 3.27. The van der Waals surface area contributed by atoms with Crippen LogP contribution in [0, 0.1) is 10.1 Å². The van der Waals surface area contributed by atoms with Gasteiger partial charge in [-0.25, -0.2) is 4.68 Å². The van der Waals surface area contributed by atoms with Crippen molar-refractivity contribution in [1.82, 2.24) is 19.9 Å². The monoisotopic (exact) mass is 440 g/mol. The van der Waals surface area contributed by atoms with Gasteiger partial charge in [0.15, 0.2) is 0 Å². The van der Waals surface area contributed by atoms with E-state index in [9.17, 15) is 24.5 Å². The summed E-state index contributed by atoms with van der Waals surface area (Å²) in [4.78, 5) is 48.4. The first-order valence-corrected chi connectivity index (χ1v) is 9.28. The molecule has 0 bridgehead atoms. The Morgan fingerprint density at radius 2 is 1.81 bits per heavy atom. The van der Waals surface area contributed by atoms with Crippen LogP contribution in [0.2, 0.25) is 5.02 Å². The number of carbonyl (C=O) groups is 3. The van der Waals surface area contributed by atoms with Gasteiger partial charge in [0.05, 0.1) is 28.8 Å². The highest BCUT2D eigenvalue weighted by Crippen LogP contribution is 2.27. The zero-order valence-electron chi connectivity index (χ0n) is 15.7. The summed E-state index contributed by atoms with van der Waals surface area (Å²) >= 11 is 5.81. The minimum Gasteiger partial charge on any atom is -0.324 e. The van der Waals surface area contributed by atoms with E-state index in [1.165, 1.54) is 23.0 Å². The Bertz CT molecular complexity index is 1220. The minimum atomic E-state index is -0.654. The smallest absolute Gasteiger partial charge is 0.270 e. The SMILES string of the molecule is O=C(Cn1cc(CN2C(=O)c3ccc([N+](=O)[O-])cc3C2=O)nn1)Nc1ccc(Cl)cc1. The third-order valence-corrected chi connectivity index (χ3v) is 4.76. The van der Waals surface area contributed by atoms with Crippen LogP contribution in [0.3, 0.4) is 0 Å². The number of hydrogen-bond acceptors (Lipinski definition) is 7. The number of nitro groups is 1. The number of anilines is 1. The molecule has 0 radical (unpaired) electrons. The van der Waals surface area contributed by atoms with Crippen molar-refractivity contribution in [2.75, 3.05) is 5.32 Å². The Hall–Kier alpha value is -4.12. The van der Waals surface area contributed by atoms with Crippen LogP contribution < -0.4 is 5.32 Å². The molecule has 0 saturated heterocycles. The van der Waals surface area contributed by atoms with E-state index in [4.69, 9.17) is 11.6 Å². The summed E-state index contributed by atoms with van der Waals surface area (Å²) in [6, 6.07) is 10.1. The number of nitrogens with zero attached hydrogens (tertiary/aromatic N) is 5. The van der Waals surface area contributed by atoms with Crippen molar-refractivity contribution in [2.24, 2.45) is 0 Å². The predicted octanol–water partition coefficient (Wildman–Crippen LogP) is 2.27. The number of non-ortho nitro benzene ring substituents is 1. The fourth-order valence-corrected chi connectivity index (χ4v) is 3.19. The summed E-state index contributed by atoms with van der Waals surface area (Å²) in [5.74, 6) is -1.59. The molecule has 4 rings (SSSR count). The van der Waals surface area contributed by atoms with Crippen LogP contribution in [0.5, 0.6) is 0 Å². The number of fused-ring (bicyclic) bond motifs is 1. The second-order valence-electron chi connectivity index (χ2n) is 6.65. The fourth-order valence-electron chi connectivity index (χ4n) is 3.07. The Labute approximate surface area is 179 Å². The van der Waals surface area contributed by atoms with Crippen LogP contribution in [0.25, 0.3) is 0 Å². The molecule has 12 heteroatoms. The van der Waals surface area contributed by atoms with Gasteiger partial charge in [0, 0.05) is 22.8 Å². The highest BCUT2D eigenvalue weighted by Gasteiger charge is 2.37. The molecule has 1 N–H and O–H groups in total. The molecule has 1 aliphatic heterocycles. The predicted molar refractivity (Wildman–Crippen MR) is 107 cm³/mol. The Balaban J connectivity index is 1.42. The molecule has 31 heavy (non-hydrogen) atoms. The zero-order valence-corrected chi connectivity index (χ0v) is 16.4. The number of imide groups is 1. The van der Waals surface area contributed by atoms with Crippen molar-refractivity contribution in [2.45, 2.75) is 13.1 Å². The first-order valence-electron chi connectivity index (χ1n) is 8.91. The molecule has 0 saturated carbocycles. The van der Waals surface area contributed by atoms with Gasteiger partial charge in [-0.3, -0.25) is 29.4 Å². The van der Waals surface area contributed by atoms with E-state index in [1.807, 2.05) is 0 Å². The summed E-state index contributed by atoms with van der Waals surface area (Å²) in [5.41, 5.74) is 0.622. The standard InChI is InChI=1S/C19H13ClN6O5/c20-11-1-3-12(4-2-11)21-17(27)10-24-8-13(22-23-24)9-25-18(28)15-6-5-14(26(30)31)7-16(15)19(25)29/h1-8H,9-10H2,(H,21,27). The van der Waals surface area contributed by atoms with Crippen LogP contribution in [0.1, 0.15) is 26.4 Å². The number of aromatic nitrogens is 3. The maximum Gasteiger partial charge on any atom is 0.270 e. The van der Waals surface area contributed by atoms with Crippen molar-refractivity contribution in [3.63, 3.8) is 0 Å². The number of amides is 3. The van der Waals surface area contributed by atoms with Gasteiger partial charge in [0.25, 0.3) is 17.5 Å². The van der Waals surface area contributed by atoms with Gasteiger partial charge in [-0.05, 0) is 30.3 Å². The Morgan fingerprint density at radius 3 is 2.52 bits per heavy atom. The van der Waals surface area contributed by atoms with E-state index in [2.05, 4.69) is 15.6 Å². The number of rotatable bonds is 6. The number of hydrogen-bond donors (Lipinski definition) is 1. The van der Waals surface area contributed by atoms with Gasteiger partial charge in [0.1, 0.15) is 12.2 Å². The molecule has 11 nitrogen and oxygen atoms in total. The van der Waals surface area contributed by atoms with Crippen molar-refractivity contribution in [3.05, 3.63) is 80.6 Å². The number of nitrogens with one attached hydrogen (secondary N) is 1. The van der Waals surface area contributed by atoms with Crippen molar-refractivity contribution in [3.8, 4) is 0 Å². The third-order valence-electron chi connectivity index (χ3n) is 4.50. The lowest BCUT2D eigenvalue weighted by Gasteiger charge is -2.11.